The molecule has 302 valence electrons. The van der Waals surface area contributed by atoms with Crippen molar-refractivity contribution in [1.82, 2.24) is 19.2 Å². The number of amides is 2. The number of carbonyl (C=O) groups is 3. The topological polar surface area (TPSA) is 228 Å². The molecule has 0 saturated carbocycles. The smallest absolute Gasteiger partial charge is 0.235 e. The van der Waals surface area contributed by atoms with Crippen molar-refractivity contribution in [2.24, 2.45) is 23.1 Å². The second kappa shape index (κ2) is 23.1. The van der Waals surface area contributed by atoms with Gasteiger partial charge in [-0.25, -0.2) is 16.8 Å². The van der Waals surface area contributed by atoms with Crippen molar-refractivity contribution in [2.75, 3.05) is 52.1 Å². The Bertz CT molecular complexity index is 1840. The van der Waals surface area contributed by atoms with Crippen LogP contribution in [-0.4, -0.2) is 107 Å². The Kier molecular flexibility index (Phi) is 19.1. The summed E-state index contributed by atoms with van der Waals surface area (Å²) >= 11 is 0. The van der Waals surface area contributed by atoms with Crippen LogP contribution in [0.5, 0.6) is 0 Å². The molecule has 0 radical (unpaired) electrons. The maximum absolute atomic E-state index is 14.2. The van der Waals surface area contributed by atoms with Crippen LogP contribution in [-0.2, 0) is 53.0 Å². The lowest BCUT2D eigenvalue weighted by Crippen LogP contribution is -2.51. The summed E-state index contributed by atoms with van der Waals surface area (Å²) in [5, 5.41) is 5.93. The summed E-state index contributed by atoms with van der Waals surface area (Å²) in [5.41, 5.74) is 19.3. The van der Waals surface area contributed by atoms with Crippen LogP contribution < -0.4 is 27.8 Å². The molecule has 3 aromatic rings. The van der Waals surface area contributed by atoms with E-state index >= 15 is 0 Å². The fourth-order valence-corrected chi connectivity index (χ4v) is 9.19. The number of carbonyl (C=O) groups excluding carboxylic acids is 3. The average Bonchev–Trinajstić information content (AvgIpc) is 3.14. The molecule has 0 heterocycles. The van der Waals surface area contributed by atoms with Crippen LogP contribution >= 0.6 is 0 Å². The van der Waals surface area contributed by atoms with Crippen molar-refractivity contribution in [3.63, 3.8) is 0 Å². The predicted octanol–water partition coefficient (Wildman–Crippen LogP) is 1.16. The van der Waals surface area contributed by atoms with Crippen molar-refractivity contribution < 1.29 is 31.2 Å². The summed E-state index contributed by atoms with van der Waals surface area (Å²) in [6, 6.07) is 26.0. The number of nitrogens with two attached hydrogens (primary N) is 3. The van der Waals surface area contributed by atoms with Gasteiger partial charge in [0.2, 0.25) is 31.9 Å². The molecule has 3 atom stereocenters. The number of nitrogens with zero attached hydrogens (tertiary/aromatic N) is 2. The lowest BCUT2D eigenvalue weighted by atomic mass is 9.90. The SMILES string of the molecule is CN[C@@H](Cc1ccccc1)CN(CC(=O)N[C@@H](CCCCN)C(=O)C[C@@H](Cc1ccccc1)CN(CC(N)=O)S(=O)(=O)Cc1ccccc1)S(=O)(=O)CCN. The number of hydrogen-bond acceptors (Lipinski definition) is 10. The molecular weight excluding hydrogens is 743 g/mol. The number of likely N-dealkylation sites (N-methyl/N-ethyl adjacent to an activating group) is 1. The molecule has 55 heavy (non-hydrogen) atoms. The van der Waals surface area contributed by atoms with Gasteiger partial charge in [-0.15, -0.1) is 0 Å². The van der Waals surface area contributed by atoms with Crippen molar-refractivity contribution in [2.45, 2.75) is 56.4 Å². The van der Waals surface area contributed by atoms with Crippen LogP contribution in [0, 0.1) is 5.92 Å². The number of sulfonamides is 2. The molecule has 0 aliphatic heterocycles. The summed E-state index contributed by atoms with van der Waals surface area (Å²) in [6.45, 7) is -1.08. The first kappa shape index (κ1) is 45.4. The number of ketones is 1. The van der Waals surface area contributed by atoms with Gasteiger partial charge in [0.25, 0.3) is 0 Å². The maximum Gasteiger partial charge on any atom is 0.235 e. The van der Waals surface area contributed by atoms with E-state index in [2.05, 4.69) is 10.6 Å². The highest BCUT2D eigenvalue weighted by molar-refractivity contribution is 7.89. The monoisotopic (exact) mass is 799 g/mol. The normalized spacial score (nSPS) is 13.7. The fraction of sp³-hybridized carbons (Fsp3) is 0.462. The number of benzene rings is 3. The predicted molar refractivity (Wildman–Crippen MR) is 215 cm³/mol. The van der Waals surface area contributed by atoms with E-state index in [1.807, 2.05) is 60.7 Å². The molecule has 14 nitrogen and oxygen atoms in total. The fourth-order valence-electron chi connectivity index (χ4n) is 6.35. The molecule has 0 aliphatic carbocycles. The molecule has 0 aliphatic rings. The Morgan fingerprint density at radius 2 is 1.24 bits per heavy atom. The number of rotatable bonds is 27. The number of Topliss-reactive ketones (excluding diaryl/α,β-unsaturated/α-hetero) is 1. The van der Waals surface area contributed by atoms with E-state index in [1.165, 1.54) is 0 Å². The molecule has 0 spiro atoms. The van der Waals surface area contributed by atoms with E-state index in [0.29, 0.717) is 37.8 Å². The Morgan fingerprint density at radius 1 is 0.691 bits per heavy atom. The van der Waals surface area contributed by atoms with Gasteiger partial charge < -0.3 is 27.8 Å². The highest BCUT2D eigenvalue weighted by atomic mass is 32.2. The number of unbranched alkanes of at least 4 members (excludes halogenated alkanes) is 1. The quantitative estimate of drug-likeness (QED) is 0.0692. The molecule has 0 saturated heterocycles. The van der Waals surface area contributed by atoms with Crippen LogP contribution in [0.15, 0.2) is 91.0 Å². The molecule has 8 N–H and O–H groups in total. The van der Waals surface area contributed by atoms with Crippen LogP contribution in [0.25, 0.3) is 0 Å². The number of primary amides is 1. The van der Waals surface area contributed by atoms with Gasteiger partial charge in [-0.3, -0.25) is 14.4 Å². The minimum atomic E-state index is -4.05. The second-order valence-corrected chi connectivity index (χ2v) is 17.8. The maximum atomic E-state index is 14.2. The minimum absolute atomic E-state index is 0.0146. The van der Waals surface area contributed by atoms with Crippen LogP contribution in [0.2, 0.25) is 0 Å². The minimum Gasteiger partial charge on any atom is -0.369 e. The van der Waals surface area contributed by atoms with E-state index < -0.39 is 56.9 Å². The Hall–Kier alpha value is -4.03. The molecule has 2 amide bonds. The van der Waals surface area contributed by atoms with Crippen LogP contribution in [0.1, 0.15) is 42.4 Å². The van der Waals surface area contributed by atoms with Crippen LogP contribution in [0.3, 0.4) is 0 Å². The lowest BCUT2D eigenvalue weighted by Gasteiger charge is -2.29. The van der Waals surface area contributed by atoms with E-state index in [9.17, 15) is 31.2 Å². The van der Waals surface area contributed by atoms with Crippen molar-refractivity contribution in [3.05, 3.63) is 108 Å². The molecule has 0 bridgehead atoms. The number of nitrogens with one attached hydrogen (secondary N) is 2. The summed E-state index contributed by atoms with van der Waals surface area (Å²) < 4.78 is 56.2. The van der Waals surface area contributed by atoms with Gasteiger partial charge in [-0.05, 0) is 68.3 Å². The second-order valence-electron chi connectivity index (χ2n) is 13.7. The van der Waals surface area contributed by atoms with Gasteiger partial charge in [0.1, 0.15) is 0 Å². The summed E-state index contributed by atoms with van der Waals surface area (Å²) in [5.74, 6) is -3.21. The highest BCUT2D eigenvalue weighted by Gasteiger charge is 2.32. The van der Waals surface area contributed by atoms with Gasteiger partial charge in [-0.2, -0.15) is 8.61 Å². The van der Waals surface area contributed by atoms with Gasteiger partial charge in [0.05, 0.1) is 30.6 Å². The van der Waals surface area contributed by atoms with E-state index in [4.69, 9.17) is 17.2 Å². The third kappa shape index (κ3) is 16.3. The molecule has 0 fully saturated rings. The van der Waals surface area contributed by atoms with Gasteiger partial charge >= 0.3 is 0 Å². The molecule has 16 heteroatoms. The molecule has 0 unspecified atom stereocenters. The standard InChI is InChI=1S/C39H57N7O7S2/c1-43-35(24-32-15-7-3-8-16-32)27-46(54(50,51)22-21-41)29-39(49)44-36(19-11-12-20-40)37(47)25-34(23-31-13-5-2-6-14-31)26-45(28-38(42)48)55(52,53)30-33-17-9-4-10-18-33/h2-10,13-18,34-36,43H,11-12,19-30,40-41H2,1H3,(H2,42,48)(H,44,49)/t34-,35+,36+/m1/s1. The van der Waals surface area contributed by atoms with E-state index in [-0.39, 0.29) is 55.8 Å². The van der Waals surface area contributed by atoms with Crippen LogP contribution in [0.4, 0.5) is 0 Å². The van der Waals surface area contributed by atoms with Crippen molar-refractivity contribution in [1.29, 1.82) is 0 Å². The molecule has 3 rings (SSSR count). The van der Waals surface area contributed by atoms with Gasteiger partial charge in [0, 0.05) is 32.1 Å². The Labute approximate surface area is 326 Å². The summed E-state index contributed by atoms with van der Waals surface area (Å²) in [4.78, 5) is 40.0. The number of hydrogen-bond donors (Lipinski definition) is 5. The van der Waals surface area contributed by atoms with Gasteiger partial charge in [-0.1, -0.05) is 91.0 Å². The molecule has 0 aromatic heterocycles. The highest BCUT2D eigenvalue weighted by Crippen LogP contribution is 2.21. The van der Waals surface area contributed by atoms with Crippen molar-refractivity contribution in [3.8, 4) is 0 Å². The first-order valence-corrected chi connectivity index (χ1v) is 21.7. The zero-order valence-corrected chi connectivity index (χ0v) is 33.2. The zero-order valence-electron chi connectivity index (χ0n) is 31.6. The summed E-state index contributed by atoms with van der Waals surface area (Å²) in [7, 11) is -6.28. The molecular formula is C39H57N7O7S2. The largest absolute Gasteiger partial charge is 0.369 e. The first-order valence-electron chi connectivity index (χ1n) is 18.5. The lowest BCUT2D eigenvalue weighted by molar-refractivity contribution is -0.128. The third-order valence-electron chi connectivity index (χ3n) is 9.15. The third-order valence-corrected chi connectivity index (χ3v) is 12.7. The Balaban J connectivity index is 1.87. The van der Waals surface area contributed by atoms with E-state index in [1.54, 1.807) is 37.4 Å². The van der Waals surface area contributed by atoms with E-state index in [0.717, 1.165) is 19.7 Å². The van der Waals surface area contributed by atoms with Crippen molar-refractivity contribution >= 4 is 37.6 Å². The zero-order chi connectivity index (χ0) is 40.3. The summed E-state index contributed by atoms with van der Waals surface area (Å²) in [6.07, 6.45) is 1.97. The first-order chi connectivity index (χ1) is 26.3. The van der Waals surface area contributed by atoms with Gasteiger partial charge in [0.15, 0.2) is 5.78 Å². The molecule has 3 aromatic carbocycles. The Morgan fingerprint density at radius 3 is 1.76 bits per heavy atom. The average molecular weight is 800 g/mol.